The van der Waals surface area contributed by atoms with Crippen molar-refractivity contribution < 1.29 is 0 Å². The molecule has 186 valence electrons. The molecule has 0 saturated carbocycles. The first-order valence-electron chi connectivity index (χ1n) is 13.1. The van der Waals surface area contributed by atoms with Crippen molar-refractivity contribution in [1.29, 1.82) is 0 Å². The number of fused-ring (bicyclic) bond motifs is 2. The van der Waals surface area contributed by atoms with Crippen LogP contribution in [0.3, 0.4) is 0 Å². The van der Waals surface area contributed by atoms with Gasteiger partial charge in [-0.1, -0.05) is 115 Å². The second-order valence-electron chi connectivity index (χ2n) is 9.64. The summed E-state index contributed by atoms with van der Waals surface area (Å²) in [4.78, 5) is 18.3. The minimum absolute atomic E-state index is 0.570. The highest BCUT2D eigenvalue weighted by Crippen LogP contribution is 2.35. The van der Waals surface area contributed by atoms with Gasteiger partial charge in [0.1, 0.15) is 0 Å². The number of nitrogens with zero attached hydrogens (tertiary/aromatic N) is 4. The zero-order valence-corrected chi connectivity index (χ0v) is 21.5. The first-order valence-corrected chi connectivity index (χ1v) is 13.1. The Morgan fingerprint density at radius 3 is 1.70 bits per heavy atom. The molecular weight excluding hydrogens is 488 g/mol. The van der Waals surface area contributed by atoms with Crippen molar-refractivity contribution in [3.8, 4) is 45.3 Å². The van der Waals surface area contributed by atoms with E-state index in [-0.39, 0.29) is 0 Å². The van der Waals surface area contributed by atoms with E-state index in [0.717, 1.165) is 33.2 Å². The molecule has 0 atom stereocenters. The van der Waals surface area contributed by atoms with Crippen LogP contribution in [0.1, 0.15) is 0 Å². The van der Waals surface area contributed by atoms with Crippen molar-refractivity contribution in [2.45, 2.75) is 0 Å². The fraction of sp³-hybridized carbons (Fsp3) is 0. The smallest absolute Gasteiger partial charge is 0.187 e. The Bertz CT molecular complexity index is 2060. The number of aromatic nitrogens is 3. The van der Waals surface area contributed by atoms with E-state index in [4.69, 9.17) is 21.5 Å². The summed E-state index contributed by atoms with van der Waals surface area (Å²) in [6.45, 7) is 7.30. The van der Waals surface area contributed by atoms with Crippen molar-refractivity contribution in [2.24, 2.45) is 0 Å². The molecule has 7 aromatic rings. The van der Waals surface area contributed by atoms with Gasteiger partial charge in [0, 0.05) is 16.7 Å². The molecule has 1 aromatic heterocycles. The maximum absolute atomic E-state index is 7.30. The van der Waals surface area contributed by atoms with Crippen molar-refractivity contribution in [2.75, 3.05) is 0 Å². The molecule has 4 heteroatoms. The molecule has 6 aromatic carbocycles. The monoisotopic (exact) mass is 510 g/mol. The average molecular weight is 511 g/mol. The second-order valence-corrected chi connectivity index (χ2v) is 9.64. The van der Waals surface area contributed by atoms with Gasteiger partial charge in [-0.2, -0.15) is 0 Å². The van der Waals surface area contributed by atoms with Crippen LogP contribution in [-0.2, 0) is 0 Å². The van der Waals surface area contributed by atoms with Gasteiger partial charge in [0.05, 0.1) is 6.57 Å². The predicted molar refractivity (Wildman–Crippen MR) is 163 cm³/mol. The van der Waals surface area contributed by atoms with Crippen molar-refractivity contribution >= 4 is 27.2 Å². The molecule has 0 aliphatic heterocycles. The van der Waals surface area contributed by atoms with E-state index in [1.54, 1.807) is 12.1 Å². The molecule has 0 aliphatic carbocycles. The topological polar surface area (TPSA) is 43.0 Å². The van der Waals surface area contributed by atoms with E-state index < -0.39 is 0 Å². The molecule has 0 fully saturated rings. The molecule has 0 spiro atoms. The summed E-state index contributed by atoms with van der Waals surface area (Å²) < 4.78 is 0. The highest BCUT2D eigenvalue weighted by atomic mass is 15.0. The molecule has 0 radical (unpaired) electrons. The zero-order chi connectivity index (χ0) is 26.9. The fourth-order valence-corrected chi connectivity index (χ4v) is 5.07. The normalized spacial score (nSPS) is 11.0. The van der Waals surface area contributed by atoms with Crippen LogP contribution < -0.4 is 0 Å². The summed E-state index contributed by atoms with van der Waals surface area (Å²) in [5, 5.41) is 4.71. The van der Waals surface area contributed by atoms with Gasteiger partial charge >= 0.3 is 0 Å². The molecule has 1 heterocycles. The molecule has 0 N–H and O–H groups in total. The Labute approximate surface area is 232 Å². The molecule has 40 heavy (non-hydrogen) atoms. The Kier molecular flexibility index (Phi) is 5.81. The second kappa shape index (κ2) is 9.90. The molecular formula is C36H22N4. The minimum atomic E-state index is 0.570. The van der Waals surface area contributed by atoms with Crippen LogP contribution in [0.15, 0.2) is 133 Å². The van der Waals surface area contributed by atoms with E-state index in [1.807, 2.05) is 42.5 Å². The summed E-state index contributed by atoms with van der Waals surface area (Å²) in [7, 11) is 0. The summed E-state index contributed by atoms with van der Waals surface area (Å²) >= 11 is 0. The van der Waals surface area contributed by atoms with Gasteiger partial charge in [0.15, 0.2) is 23.2 Å². The fourth-order valence-electron chi connectivity index (χ4n) is 5.07. The largest absolute Gasteiger partial charge is 0.238 e. The Morgan fingerprint density at radius 1 is 0.425 bits per heavy atom. The van der Waals surface area contributed by atoms with E-state index in [9.17, 15) is 0 Å². The molecule has 4 nitrogen and oxygen atoms in total. The third-order valence-electron chi connectivity index (χ3n) is 7.10. The summed E-state index contributed by atoms with van der Waals surface area (Å²) in [5.74, 6) is 1.78. The molecule has 0 aliphatic rings. The molecule has 7 rings (SSSR count). The Hall–Kier alpha value is -5.66. The maximum Gasteiger partial charge on any atom is 0.187 e. The van der Waals surface area contributed by atoms with E-state index in [0.29, 0.717) is 23.2 Å². The third-order valence-corrected chi connectivity index (χ3v) is 7.10. The molecule has 0 amide bonds. The van der Waals surface area contributed by atoms with Gasteiger partial charge in [-0.05, 0) is 50.9 Å². The lowest BCUT2D eigenvalue weighted by Gasteiger charge is -2.13. The van der Waals surface area contributed by atoms with Gasteiger partial charge in [-0.3, -0.25) is 0 Å². The summed E-state index contributed by atoms with van der Waals surface area (Å²) in [5.41, 5.74) is 5.52. The average Bonchev–Trinajstić information content (AvgIpc) is 3.04. The first kappa shape index (κ1) is 23.5. The van der Waals surface area contributed by atoms with Gasteiger partial charge in [0.2, 0.25) is 0 Å². The number of rotatable bonds is 4. The van der Waals surface area contributed by atoms with E-state index in [1.165, 1.54) is 16.2 Å². The zero-order valence-electron chi connectivity index (χ0n) is 21.5. The minimum Gasteiger partial charge on any atom is -0.238 e. The van der Waals surface area contributed by atoms with Gasteiger partial charge < -0.3 is 0 Å². The first-order chi connectivity index (χ1) is 19.7. The van der Waals surface area contributed by atoms with Crippen molar-refractivity contribution in [1.82, 2.24) is 15.0 Å². The number of benzene rings is 6. The van der Waals surface area contributed by atoms with E-state index >= 15 is 0 Å². The van der Waals surface area contributed by atoms with Gasteiger partial charge in [-0.15, -0.1) is 0 Å². The van der Waals surface area contributed by atoms with Crippen LogP contribution >= 0.6 is 0 Å². The van der Waals surface area contributed by atoms with Crippen LogP contribution in [-0.4, -0.2) is 15.0 Å². The van der Waals surface area contributed by atoms with Crippen LogP contribution in [0.4, 0.5) is 5.69 Å². The van der Waals surface area contributed by atoms with Crippen LogP contribution in [0.2, 0.25) is 0 Å². The summed E-state index contributed by atoms with van der Waals surface area (Å²) in [6.07, 6.45) is 0. The van der Waals surface area contributed by atoms with Crippen LogP contribution in [0, 0.1) is 6.57 Å². The maximum atomic E-state index is 7.30. The highest BCUT2D eigenvalue weighted by Gasteiger charge is 2.15. The van der Waals surface area contributed by atoms with Gasteiger partial charge in [-0.25, -0.2) is 19.8 Å². The van der Waals surface area contributed by atoms with E-state index in [2.05, 4.69) is 83.7 Å². The lowest BCUT2D eigenvalue weighted by atomic mass is 9.94. The third kappa shape index (κ3) is 4.36. The van der Waals surface area contributed by atoms with Crippen LogP contribution in [0.5, 0.6) is 0 Å². The number of hydrogen-bond donors (Lipinski definition) is 0. The van der Waals surface area contributed by atoms with Crippen molar-refractivity contribution in [3.63, 3.8) is 0 Å². The molecule has 0 bridgehead atoms. The number of hydrogen-bond acceptors (Lipinski definition) is 3. The lowest BCUT2D eigenvalue weighted by molar-refractivity contribution is 1.07. The predicted octanol–water partition coefficient (Wildman–Crippen LogP) is 9.40. The molecule has 0 unspecified atom stereocenters. The lowest BCUT2D eigenvalue weighted by Crippen LogP contribution is -2.00. The SMILES string of the molecule is [C-]#[N+]c1ccc(-c2nc(-c3ccccc3)nc(-c3cc(-c4ccc5ccccc5c4)c4ccccc4c3)n2)cc1. The Balaban J connectivity index is 1.45. The molecule has 0 saturated heterocycles. The van der Waals surface area contributed by atoms with Crippen molar-refractivity contribution in [3.05, 3.63) is 145 Å². The van der Waals surface area contributed by atoms with Crippen LogP contribution in [0.25, 0.3) is 71.7 Å². The Morgan fingerprint density at radius 2 is 0.975 bits per heavy atom. The highest BCUT2D eigenvalue weighted by molar-refractivity contribution is 6.01. The summed E-state index contributed by atoms with van der Waals surface area (Å²) in [6, 6.07) is 45.1. The standard InChI is InChI=1S/C36H22N4/c1-37-31-19-17-26(18-20-31)35-38-34(25-10-3-2-4-11-25)39-36(40-35)30-22-28-13-7-8-14-32(28)33(23-30)29-16-15-24-9-5-6-12-27(24)21-29/h2-23H. The quantitative estimate of drug-likeness (QED) is 0.222. The van der Waals surface area contributed by atoms with Gasteiger partial charge in [0.25, 0.3) is 0 Å².